The second kappa shape index (κ2) is 6.69. The van der Waals surface area contributed by atoms with Gasteiger partial charge in [-0.3, -0.25) is 4.79 Å². The number of carbonyl (C=O) groups excluding carboxylic acids is 1. The third-order valence-electron chi connectivity index (χ3n) is 4.03. The van der Waals surface area contributed by atoms with E-state index in [2.05, 4.69) is 15.9 Å². The van der Waals surface area contributed by atoms with Crippen LogP contribution < -0.4 is 0 Å². The van der Waals surface area contributed by atoms with Crippen LogP contribution >= 0.6 is 27.5 Å². The van der Waals surface area contributed by atoms with E-state index in [1.54, 1.807) is 18.2 Å². The summed E-state index contributed by atoms with van der Waals surface area (Å²) in [5, 5.41) is 0.502. The average molecular weight is 384 g/mol. The number of hydrogen-bond acceptors (Lipinski definition) is 1. The van der Waals surface area contributed by atoms with E-state index in [-0.39, 0.29) is 31.0 Å². The van der Waals surface area contributed by atoms with E-state index in [9.17, 15) is 18.0 Å². The van der Waals surface area contributed by atoms with Gasteiger partial charge in [-0.2, -0.15) is 13.2 Å². The highest BCUT2D eigenvalue weighted by molar-refractivity contribution is 9.10. The third kappa shape index (κ3) is 4.46. The van der Waals surface area contributed by atoms with E-state index in [4.69, 9.17) is 11.6 Å². The number of rotatable bonds is 3. The van der Waals surface area contributed by atoms with Gasteiger partial charge < -0.3 is 0 Å². The first-order chi connectivity index (χ1) is 9.77. The largest absolute Gasteiger partial charge is 0.391 e. The van der Waals surface area contributed by atoms with Crippen molar-refractivity contribution in [3.05, 3.63) is 33.3 Å². The normalized spacial score (nSPS) is 23.1. The minimum absolute atomic E-state index is 0.0140. The van der Waals surface area contributed by atoms with Crippen LogP contribution in [0.5, 0.6) is 0 Å². The van der Waals surface area contributed by atoms with E-state index < -0.39 is 12.1 Å². The van der Waals surface area contributed by atoms with Crippen LogP contribution in [0.25, 0.3) is 0 Å². The molecule has 1 aliphatic carbocycles. The third-order valence-corrected chi connectivity index (χ3v) is 4.87. The monoisotopic (exact) mass is 382 g/mol. The first kappa shape index (κ1) is 16.8. The van der Waals surface area contributed by atoms with Crippen LogP contribution in [0.4, 0.5) is 13.2 Å². The van der Waals surface area contributed by atoms with Crippen molar-refractivity contribution in [2.24, 2.45) is 11.8 Å². The molecule has 1 saturated carbocycles. The minimum Gasteiger partial charge on any atom is -0.299 e. The van der Waals surface area contributed by atoms with Crippen LogP contribution in [-0.4, -0.2) is 12.0 Å². The highest BCUT2D eigenvalue weighted by atomic mass is 79.9. The Morgan fingerprint density at radius 2 is 1.86 bits per heavy atom. The van der Waals surface area contributed by atoms with Crippen LogP contribution in [0.2, 0.25) is 5.02 Å². The number of carbonyl (C=O) groups is 1. The Morgan fingerprint density at radius 1 is 1.24 bits per heavy atom. The highest BCUT2D eigenvalue weighted by Gasteiger charge is 2.42. The van der Waals surface area contributed by atoms with Gasteiger partial charge in [0.05, 0.1) is 5.92 Å². The minimum atomic E-state index is -4.14. The fourth-order valence-corrected chi connectivity index (χ4v) is 3.48. The SMILES string of the molecule is O=C(Cc1ccc(Br)cc1Cl)C1CCC(C(F)(F)F)CC1. The summed E-state index contributed by atoms with van der Waals surface area (Å²) in [7, 11) is 0. The molecule has 2 rings (SSSR count). The van der Waals surface area contributed by atoms with E-state index in [0.717, 1.165) is 10.0 Å². The number of benzene rings is 1. The number of ketones is 1. The number of hydrogen-bond donors (Lipinski definition) is 0. The maximum Gasteiger partial charge on any atom is 0.391 e. The zero-order chi connectivity index (χ0) is 15.6. The van der Waals surface area contributed by atoms with Crippen molar-refractivity contribution < 1.29 is 18.0 Å². The second-order valence-electron chi connectivity index (χ2n) is 5.47. The van der Waals surface area contributed by atoms with Gasteiger partial charge in [-0.25, -0.2) is 0 Å². The molecular weight excluding hydrogens is 369 g/mol. The molecule has 1 aromatic rings. The van der Waals surface area contributed by atoms with Gasteiger partial charge in [-0.05, 0) is 43.4 Å². The molecule has 1 fully saturated rings. The first-order valence-electron chi connectivity index (χ1n) is 6.80. The van der Waals surface area contributed by atoms with Gasteiger partial charge in [0.2, 0.25) is 0 Å². The summed E-state index contributed by atoms with van der Waals surface area (Å²) >= 11 is 9.35. The molecule has 1 nitrogen and oxygen atoms in total. The molecule has 1 aliphatic rings. The molecule has 0 saturated heterocycles. The van der Waals surface area contributed by atoms with Crippen molar-refractivity contribution in [3.8, 4) is 0 Å². The maximum atomic E-state index is 12.6. The predicted molar refractivity (Wildman–Crippen MR) is 79.4 cm³/mol. The van der Waals surface area contributed by atoms with Crippen molar-refractivity contribution in [2.45, 2.75) is 38.3 Å². The van der Waals surface area contributed by atoms with Gasteiger partial charge in [0, 0.05) is 21.8 Å². The Kier molecular flexibility index (Phi) is 5.36. The molecule has 0 radical (unpaired) electrons. The van der Waals surface area contributed by atoms with Gasteiger partial charge in [-0.1, -0.05) is 33.6 Å². The summed E-state index contributed by atoms with van der Waals surface area (Å²) in [6, 6.07) is 5.28. The van der Waals surface area contributed by atoms with Crippen LogP contribution in [0, 0.1) is 11.8 Å². The molecule has 0 aliphatic heterocycles. The Hall–Kier alpha value is -0.550. The summed E-state index contributed by atoms with van der Waals surface area (Å²) in [6.07, 6.45) is -3.22. The van der Waals surface area contributed by atoms with Crippen LogP contribution in [0.15, 0.2) is 22.7 Å². The molecule has 0 unspecified atom stereocenters. The van der Waals surface area contributed by atoms with Crippen molar-refractivity contribution in [1.82, 2.24) is 0 Å². The molecule has 0 heterocycles. The molecule has 0 atom stereocenters. The van der Waals surface area contributed by atoms with Crippen LogP contribution in [0.1, 0.15) is 31.2 Å². The molecule has 0 amide bonds. The van der Waals surface area contributed by atoms with Crippen LogP contribution in [0.3, 0.4) is 0 Å². The Morgan fingerprint density at radius 3 is 2.38 bits per heavy atom. The average Bonchev–Trinajstić information content (AvgIpc) is 2.41. The summed E-state index contributed by atoms with van der Waals surface area (Å²) in [5.41, 5.74) is 0.725. The molecule has 6 heteroatoms. The summed E-state index contributed by atoms with van der Waals surface area (Å²) in [5.74, 6) is -1.54. The van der Waals surface area contributed by atoms with Gasteiger partial charge >= 0.3 is 6.18 Å². The lowest BCUT2D eigenvalue weighted by Crippen LogP contribution is -2.30. The van der Waals surface area contributed by atoms with E-state index in [1.165, 1.54) is 0 Å². The zero-order valence-electron chi connectivity index (χ0n) is 11.2. The van der Waals surface area contributed by atoms with Gasteiger partial charge in [0.15, 0.2) is 0 Å². The molecule has 21 heavy (non-hydrogen) atoms. The Labute approximate surface area is 135 Å². The zero-order valence-corrected chi connectivity index (χ0v) is 13.6. The first-order valence-corrected chi connectivity index (χ1v) is 7.98. The topological polar surface area (TPSA) is 17.1 Å². The molecule has 0 aromatic heterocycles. The lowest BCUT2D eigenvalue weighted by atomic mass is 9.78. The number of alkyl halides is 3. The smallest absolute Gasteiger partial charge is 0.299 e. The van der Waals surface area contributed by atoms with Crippen LogP contribution in [-0.2, 0) is 11.2 Å². The highest BCUT2D eigenvalue weighted by Crippen LogP contribution is 2.40. The summed E-state index contributed by atoms with van der Waals surface area (Å²) in [6.45, 7) is 0. The quantitative estimate of drug-likeness (QED) is 0.665. The standard InChI is InChI=1S/C15H15BrClF3O/c16-12-6-3-10(13(17)8-12)7-14(21)9-1-4-11(5-2-9)15(18,19)20/h3,6,8-9,11H,1-2,4-5,7H2. The fraction of sp³-hybridized carbons (Fsp3) is 0.533. The molecule has 0 bridgehead atoms. The van der Waals surface area contributed by atoms with E-state index in [0.29, 0.717) is 17.9 Å². The van der Waals surface area contributed by atoms with Crippen molar-refractivity contribution in [3.63, 3.8) is 0 Å². The van der Waals surface area contributed by atoms with E-state index in [1.807, 2.05) is 0 Å². The summed E-state index contributed by atoms with van der Waals surface area (Å²) < 4.78 is 38.6. The Bertz CT molecular complexity index is 522. The lowest BCUT2D eigenvalue weighted by Gasteiger charge is -2.29. The Balaban J connectivity index is 1.93. The van der Waals surface area contributed by atoms with E-state index >= 15 is 0 Å². The molecule has 1 aromatic carbocycles. The van der Waals surface area contributed by atoms with Crippen molar-refractivity contribution in [2.75, 3.05) is 0 Å². The molecule has 0 spiro atoms. The lowest BCUT2D eigenvalue weighted by molar-refractivity contribution is -0.184. The predicted octanol–water partition coefficient (Wildman–Crippen LogP) is 5.58. The van der Waals surface area contributed by atoms with Gasteiger partial charge in [0.25, 0.3) is 0 Å². The van der Waals surface area contributed by atoms with Gasteiger partial charge in [0.1, 0.15) is 5.78 Å². The number of Topliss-reactive ketones (excluding diaryl/α,β-unsaturated/α-hetero) is 1. The molecular formula is C15H15BrClF3O. The summed E-state index contributed by atoms with van der Waals surface area (Å²) in [4.78, 5) is 12.2. The maximum absolute atomic E-state index is 12.6. The molecule has 0 N–H and O–H groups in total. The van der Waals surface area contributed by atoms with Crippen molar-refractivity contribution in [1.29, 1.82) is 0 Å². The second-order valence-corrected chi connectivity index (χ2v) is 6.79. The number of halogens is 5. The van der Waals surface area contributed by atoms with Crippen molar-refractivity contribution >= 4 is 33.3 Å². The molecule has 116 valence electrons. The van der Waals surface area contributed by atoms with Gasteiger partial charge in [-0.15, -0.1) is 0 Å². The fourth-order valence-electron chi connectivity index (χ4n) is 2.74.